The average molecular weight is 297 g/mol. The molecule has 1 aromatic carbocycles. The Balaban J connectivity index is 2.03. The van der Waals surface area contributed by atoms with Crippen LogP contribution in [0.25, 0.3) is 0 Å². The van der Waals surface area contributed by atoms with Crippen LogP contribution >= 0.6 is 0 Å². The maximum atomic E-state index is 13.1. The summed E-state index contributed by atoms with van der Waals surface area (Å²) in [6.07, 6.45) is 1.77. The number of nitrogens with one attached hydrogen (secondary N) is 1. The Labute approximate surface area is 132 Å². The van der Waals surface area contributed by atoms with Crippen molar-refractivity contribution in [2.24, 2.45) is 5.41 Å². The molecule has 1 unspecified atom stereocenters. The van der Waals surface area contributed by atoms with Gasteiger partial charge in [-0.25, -0.2) is 0 Å². The molecule has 0 aliphatic carbocycles. The van der Waals surface area contributed by atoms with E-state index in [0.29, 0.717) is 11.5 Å². The molecule has 1 amide bonds. The van der Waals surface area contributed by atoms with E-state index in [9.17, 15) is 4.79 Å². The summed E-state index contributed by atoms with van der Waals surface area (Å²) in [6.45, 7) is 6.73. The van der Waals surface area contributed by atoms with Crippen LogP contribution in [0.3, 0.4) is 0 Å². The summed E-state index contributed by atoms with van der Waals surface area (Å²) < 4.78 is 0. The maximum absolute atomic E-state index is 13.1. The molecule has 2 aliphatic rings. The summed E-state index contributed by atoms with van der Waals surface area (Å²) >= 11 is 0. The predicted octanol–water partition coefficient (Wildman–Crippen LogP) is 2.26. The van der Waals surface area contributed by atoms with Gasteiger partial charge in [0, 0.05) is 18.5 Å². The lowest BCUT2D eigenvalue weighted by Gasteiger charge is -2.37. The number of likely N-dealkylation sites (tertiary alicyclic amines) is 1. The Morgan fingerprint density at radius 3 is 2.73 bits per heavy atom. The third kappa shape index (κ3) is 2.30. The second-order valence-corrected chi connectivity index (χ2v) is 6.75. The molecule has 0 aromatic heterocycles. The number of rotatable bonds is 2. The smallest absolute Gasteiger partial charge is 0.229 e. The number of hydrogen-bond donors (Lipinski definition) is 1. The second kappa shape index (κ2) is 5.73. The lowest BCUT2D eigenvalue weighted by molar-refractivity contribution is -0.139. The largest absolute Gasteiger partial charge is 0.339 e. The molecular formula is C18H23N3O. The van der Waals surface area contributed by atoms with Crippen LogP contribution in [-0.4, -0.2) is 36.5 Å². The Hall–Kier alpha value is -1.86. The number of amides is 1. The molecule has 1 aromatic rings. The number of carbonyl (C=O) groups is 1. The van der Waals surface area contributed by atoms with Crippen molar-refractivity contribution in [1.29, 1.82) is 5.26 Å². The van der Waals surface area contributed by atoms with E-state index in [0.717, 1.165) is 38.0 Å². The van der Waals surface area contributed by atoms with Gasteiger partial charge in [0.25, 0.3) is 0 Å². The zero-order valence-corrected chi connectivity index (χ0v) is 13.3. The Morgan fingerprint density at radius 2 is 2.09 bits per heavy atom. The first kappa shape index (κ1) is 15.1. The van der Waals surface area contributed by atoms with Gasteiger partial charge >= 0.3 is 0 Å². The third-order valence-corrected chi connectivity index (χ3v) is 5.27. The first-order chi connectivity index (χ1) is 10.6. The van der Waals surface area contributed by atoms with Gasteiger partial charge < -0.3 is 10.2 Å². The number of nitrogens with zero attached hydrogens (tertiary/aromatic N) is 2. The molecule has 2 aliphatic heterocycles. The molecule has 0 bridgehead atoms. The molecule has 3 rings (SSSR count). The van der Waals surface area contributed by atoms with Crippen molar-refractivity contribution >= 4 is 5.91 Å². The zero-order chi connectivity index (χ0) is 15.7. The summed E-state index contributed by atoms with van der Waals surface area (Å²) in [5, 5.41) is 12.5. The van der Waals surface area contributed by atoms with E-state index in [1.807, 2.05) is 23.1 Å². The first-order valence-electron chi connectivity index (χ1n) is 8.10. The quantitative estimate of drug-likeness (QED) is 0.911. The molecule has 4 nitrogen and oxygen atoms in total. The van der Waals surface area contributed by atoms with Crippen molar-refractivity contribution in [1.82, 2.24) is 10.2 Å². The van der Waals surface area contributed by atoms with Gasteiger partial charge in [0.15, 0.2) is 0 Å². The van der Waals surface area contributed by atoms with Crippen molar-refractivity contribution in [3.63, 3.8) is 0 Å². The van der Waals surface area contributed by atoms with Crippen molar-refractivity contribution in [3.8, 4) is 6.07 Å². The average Bonchev–Trinajstić information content (AvgIpc) is 2.81. The predicted molar refractivity (Wildman–Crippen MR) is 85.3 cm³/mol. The van der Waals surface area contributed by atoms with Gasteiger partial charge in [0.05, 0.1) is 17.0 Å². The molecule has 2 saturated heterocycles. The molecular weight excluding hydrogens is 274 g/mol. The molecule has 116 valence electrons. The normalized spacial score (nSPS) is 24.0. The Bertz CT molecular complexity index is 611. The number of nitriles is 1. The SMILES string of the molecule is CC(C)N1CC(c2cccc(C#N)c2)C2(CCNCC2)C1=O. The van der Waals surface area contributed by atoms with E-state index in [-0.39, 0.29) is 17.4 Å². The van der Waals surface area contributed by atoms with Gasteiger partial charge in [-0.3, -0.25) is 4.79 Å². The molecule has 2 fully saturated rings. The molecule has 4 heteroatoms. The highest BCUT2D eigenvalue weighted by Gasteiger charge is 2.54. The summed E-state index contributed by atoms with van der Waals surface area (Å²) in [7, 11) is 0. The van der Waals surface area contributed by atoms with Gasteiger partial charge in [-0.2, -0.15) is 5.26 Å². The van der Waals surface area contributed by atoms with E-state index in [1.54, 1.807) is 0 Å². The highest BCUT2D eigenvalue weighted by atomic mass is 16.2. The Kier molecular flexibility index (Phi) is 3.92. The molecule has 1 atom stereocenters. The van der Waals surface area contributed by atoms with E-state index >= 15 is 0 Å². The summed E-state index contributed by atoms with van der Waals surface area (Å²) in [6, 6.07) is 10.2. The fraction of sp³-hybridized carbons (Fsp3) is 0.556. The third-order valence-electron chi connectivity index (χ3n) is 5.27. The van der Waals surface area contributed by atoms with Crippen LogP contribution in [0.15, 0.2) is 24.3 Å². The van der Waals surface area contributed by atoms with E-state index in [2.05, 4.69) is 31.3 Å². The van der Waals surface area contributed by atoms with Gasteiger partial charge in [0.2, 0.25) is 5.91 Å². The van der Waals surface area contributed by atoms with E-state index in [1.165, 1.54) is 0 Å². The highest BCUT2D eigenvalue weighted by molar-refractivity contribution is 5.87. The second-order valence-electron chi connectivity index (χ2n) is 6.75. The van der Waals surface area contributed by atoms with Crippen molar-refractivity contribution in [3.05, 3.63) is 35.4 Å². The van der Waals surface area contributed by atoms with Crippen molar-refractivity contribution < 1.29 is 4.79 Å². The fourth-order valence-electron chi connectivity index (χ4n) is 4.02. The minimum Gasteiger partial charge on any atom is -0.339 e. The van der Waals surface area contributed by atoms with E-state index in [4.69, 9.17) is 5.26 Å². The fourth-order valence-corrected chi connectivity index (χ4v) is 4.02. The van der Waals surface area contributed by atoms with Crippen LogP contribution in [0.5, 0.6) is 0 Å². The Morgan fingerprint density at radius 1 is 1.36 bits per heavy atom. The topological polar surface area (TPSA) is 56.1 Å². The van der Waals surface area contributed by atoms with Crippen LogP contribution in [-0.2, 0) is 4.79 Å². The summed E-state index contributed by atoms with van der Waals surface area (Å²) in [5.41, 5.74) is 1.53. The highest BCUT2D eigenvalue weighted by Crippen LogP contribution is 2.50. The number of benzene rings is 1. The standard InChI is InChI=1S/C18H23N3O/c1-13(2)21-12-16(15-5-3-4-14(10-15)11-19)18(17(21)22)6-8-20-9-7-18/h3-5,10,13,16,20H,6-9,12H2,1-2H3. The molecule has 0 saturated carbocycles. The van der Waals surface area contributed by atoms with Gasteiger partial charge in [0.1, 0.15) is 0 Å². The molecule has 2 heterocycles. The molecule has 1 spiro atoms. The van der Waals surface area contributed by atoms with Gasteiger partial charge in [-0.1, -0.05) is 12.1 Å². The molecule has 1 N–H and O–H groups in total. The first-order valence-corrected chi connectivity index (χ1v) is 8.10. The van der Waals surface area contributed by atoms with Crippen molar-refractivity contribution in [2.75, 3.05) is 19.6 Å². The minimum atomic E-state index is -0.288. The number of hydrogen-bond acceptors (Lipinski definition) is 3. The minimum absolute atomic E-state index is 0.192. The molecule has 0 radical (unpaired) electrons. The number of carbonyl (C=O) groups excluding carboxylic acids is 1. The van der Waals surface area contributed by atoms with Crippen LogP contribution in [0.1, 0.15) is 43.7 Å². The monoisotopic (exact) mass is 297 g/mol. The molecule has 22 heavy (non-hydrogen) atoms. The van der Waals surface area contributed by atoms with Crippen LogP contribution < -0.4 is 5.32 Å². The lowest BCUT2D eigenvalue weighted by atomic mass is 9.68. The lowest BCUT2D eigenvalue weighted by Crippen LogP contribution is -2.45. The van der Waals surface area contributed by atoms with Gasteiger partial charge in [-0.15, -0.1) is 0 Å². The van der Waals surface area contributed by atoms with Gasteiger partial charge in [-0.05, 0) is 57.5 Å². The van der Waals surface area contributed by atoms with Crippen LogP contribution in [0, 0.1) is 16.7 Å². The number of piperidine rings is 1. The van der Waals surface area contributed by atoms with E-state index < -0.39 is 0 Å². The summed E-state index contributed by atoms with van der Waals surface area (Å²) in [5.74, 6) is 0.495. The maximum Gasteiger partial charge on any atom is 0.229 e. The van der Waals surface area contributed by atoms with Crippen molar-refractivity contribution in [2.45, 2.75) is 38.6 Å². The zero-order valence-electron chi connectivity index (χ0n) is 13.3. The van der Waals surface area contributed by atoms with Crippen LogP contribution in [0.2, 0.25) is 0 Å². The van der Waals surface area contributed by atoms with Crippen LogP contribution in [0.4, 0.5) is 0 Å². The summed E-state index contributed by atoms with van der Waals surface area (Å²) in [4.78, 5) is 15.1.